The minimum Gasteiger partial charge on any atom is -0.505 e. The average molecular weight is 327 g/mol. The van der Waals surface area contributed by atoms with E-state index in [1.807, 2.05) is 0 Å². The Morgan fingerprint density at radius 2 is 2.04 bits per heavy atom. The van der Waals surface area contributed by atoms with Gasteiger partial charge in [0.1, 0.15) is 5.75 Å². The molecule has 126 valence electrons. The van der Waals surface area contributed by atoms with Crippen molar-refractivity contribution < 1.29 is 15.0 Å². The van der Waals surface area contributed by atoms with Gasteiger partial charge in [-0.2, -0.15) is 5.10 Å². The third kappa shape index (κ3) is 5.57. The highest BCUT2D eigenvalue weighted by Gasteiger charge is 2.06. The monoisotopic (exact) mass is 327 g/mol. The lowest BCUT2D eigenvalue weighted by Crippen LogP contribution is -2.06. The van der Waals surface area contributed by atoms with Crippen molar-refractivity contribution in [3.05, 3.63) is 53.6 Å². The van der Waals surface area contributed by atoms with E-state index >= 15 is 0 Å². The summed E-state index contributed by atoms with van der Waals surface area (Å²) < 4.78 is 0. The number of nitrogens with one attached hydrogen (secondary N) is 2. The number of allylic oxidation sites excluding steroid dienone is 3. The first-order valence-corrected chi connectivity index (χ1v) is 7.29. The van der Waals surface area contributed by atoms with Crippen molar-refractivity contribution in [2.24, 2.45) is 5.10 Å². The molecule has 0 aliphatic rings. The van der Waals surface area contributed by atoms with E-state index in [0.717, 1.165) is 0 Å². The van der Waals surface area contributed by atoms with Crippen LogP contribution in [-0.4, -0.2) is 27.6 Å². The molecule has 4 N–H and O–H groups in total. The van der Waals surface area contributed by atoms with Crippen LogP contribution in [0, 0.1) is 5.41 Å². The van der Waals surface area contributed by atoms with Crippen molar-refractivity contribution >= 4 is 29.2 Å². The van der Waals surface area contributed by atoms with Crippen LogP contribution in [0.15, 0.2) is 53.2 Å². The molecular weight excluding hydrogens is 306 g/mol. The van der Waals surface area contributed by atoms with Crippen LogP contribution in [0.5, 0.6) is 5.75 Å². The number of carboxylic acid groups (broad SMARTS) is 1. The van der Waals surface area contributed by atoms with Crippen molar-refractivity contribution in [1.82, 2.24) is 0 Å². The Balaban J connectivity index is 3.08. The lowest BCUT2D eigenvalue weighted by atomic mass is 10.1. The van der Waals surface area contributed by atoms with Crippen molar-refractivity contribution in [3.8, 4) is 5.75 Å². The van der Waals surface area contributed by atoms with Crippen LogP contribution in [-0.2, 0) is 4.79 Å². The number of carbonyl (C=O) groups is 1. The summed E-state index contributed by atoms with van der Waals surface area (Å²) in [5.74, 6) is -1.11. The molecule has 0 aromatic heterocycles. The zero-order valence-electron chi connectivity index (χ0n) is 13.9. The summed E-state index contributed by atoms with van der Waals surface area (Å²) in [4.78, 5) is 11.2. The van der Waals surface area contributed by atoms with Crippen LogP contribution in [0.2, 0.25) is 0 Å². The van der Waals surface area contributed by atoms with E-state index in [1.54, 1.807) is 51.1 Å². The van der Waals surface area contributed by atoms with Crippen LogP contribution in [0.25, 0.3) is 6.08 Å². The summed E-state index contributed by atoms with van der Waals surface area (Å²) in [7, 11) is 0. The highest BCUT2D eigenvalue weighted by molar-refractivity contribution is 6.39. The van der Waals surface area contributed by atoms with Gasteiger partial charge in [0, 0.05) is 5.56 Å². The normalized spacial score (nSPS) is 12.8. The number of phenolic OH excluding ortho intramolecular Hbond substituents is 1. The van der Waals surface area contributed by atoms with Crippen LogP contribution in [0.4, 0.5) is 5.69 Å². The minimum absolute atomic E-state index is 0.0521. The Kier molecular flexibility index (Phi) is 7.16. The number of para-hydroxylation sites is 1. The fraction of sp³-hybridized carbons (Fsp3) is 0.167. The zero-order chi connectivity index (χ0) is 18.1. The van der Waals surface area contributed by atoms with Crippen molar-refractivity contribution in [2.45, 2.75) is 20.8 Å². The van der Waals surface area contributed by atoms with E-state index in [9.17, 15) is 9.90 Å². The highest BCUT2D eigenvalue weighted by Crippen LogP contribution is 2.28. The van der Waals surface area contributed by atoms with E-state index in [-0.39, 0.29) is 11.3 Å². The standard InChI is InChI=1S/C18H21N3O3/c1-4-5-7-15(18(23)24)11-10-14-8-6-9-16(17(14)22)21-20-13(3)12(2)19/h4-11,19,21-22H,1-3H3,(H,23,24)/b5-4-,11-10+,15-7+,19-12?,20-13+. The van der Waals surface area contributed by atoms with Gasteiger partial charge in [-0.15, -0.1) is 0 Å². The van der Waals surface area contributed by atoms with Gasteiger partial charge in [0.15, 0.2) is 0 Å². The molecule has 0 fully saturated rings. The number of anilines is 1. The fourth-order valence-corrected chi connectivity index (χ4v) is 1.59. The van der Waals surface area contributed by atoms with Gasteiger partial charge in [0.2, 0.25) is 0 Å². The second-order valence-electron chi connectivity index (χ2n) is 4.96. The molecule has 0 aliphatic carbocycles. The third-order valence-electron chi connectivity index (χ3n) is 3.11. The molecule has 0 spiro atoms. The minimum atomic E-state index is -1.06. The molecule has 1 aromatic carbocycles. The number of hydrazone groups is 1. The van der Waals surface area contributed by atoms with E-state index in [0.29, 0.717) is 22.7 Å². The van der Waals surface area contributed by atoms with Crippen LogP contribution in [0.3, 0.4) is 0 Å². The second kappa shape index (κ2) is 9.09. The van der Waals surface area contributed by atoms with Gasteiger partial charge in [-0.25, -0.2) is 4.79 Å². The molecular formula is C18H21N3O3. The average Bonchev–Trinajstić information content (AvgIpc) is 2.54. The predicted octanol–water partition coefficient (Wildman–Crippen LogP) is 3.82. The fourth-order valence-electron chi connectivity index (χ4n) is 1.59. The van der Waals surface area contributed by atoms with Crippen molar-refractivity contribution in [3.63, 3.8) is 0 Å². The van der Waals surface area contributed by atoms with Crippen LogP contribution >= 0.6 is 0 Å². The Hall–Kier alpha value is -3.15. The molecule has 0 saturated heterocycles. The number of aromatic hydroxyl groups is 1. The van der Waals surface area contributed by atoms with Gasteiger partial charge < -0.3 is 15.6 Å². The summed E-state index contributed by atoms with van der Waals surface area (Å²) >= 11 is 0. The summed E-state index contributed by atoms with van der Waals surface area (Å²) in [5, 5.41) is 30.8. The van der Waals surface area contributed by atoms with Gasteiger partial charge in [0.25, 0.3) is 0 Å². The Morgan fingerprint density at radius 1 is 1.33 bits per heavy atom. The van der Waals surface area contributed by atoms with Crippen molar-refractivity contribution in [2.75, 3.05) is 5.43 Å². The van der Waals surface area contributed by atoms with Crippen LogP contribution in [0.1, 0.15) is 26.3 Å². The molecule has 0 heterocycles. The largest absolute Gasteiger partial charge is 0.505 e. The number of benzene rings is 1. The molecule has 0 aliphatic heterocycles. The molecule has 6 nitrogen and oxygen atoms in total. The quantitative estimate of drug-likeness (QED) is 0.201. The van der Waals surface area contributed by atoms with E-state index in [1.165, 1.54) is 18.2 Å². The van der Waals surface area contributed by atoms with Crippen molar-refractivity contribution in [1.29, 1.82) is 5.41 Å². The molecule has 0 amide bonds. The lowest BCUT2D eigenvalue weighted by Gasteiger charge is -2.07. The number of carboxylic acids is 1. The van der Waals surface area contributed by atoms with Gasteiger partial charge in [-0.05, 0) is 39.0 Å². The number of nitrogens with zero attached hydrogens (tertiary/aromatic N) is 1. The number of hydrogen-bond acceptors (Lipinski definition) is 5. The summed E-state index contributed by atoms with van der Waals surface area (Å²) in [6.45, 7) is 5.09. The highest BCUT2D eigenvalue weighted by atomic mass is 16.4. The maximum absolute atomic E-state index is 11.2. The molecule has 0 radical (unpaired) electrons. The first kappa shape index (κ1) is 18.9. The molecule has 24 heavy (non-hydrogen) atoms. The topological polar surface area (TPSA) is 106 Å². The van der Waals surface area contributed by atoms with Gasteiger partial charge in [-0.1, -0.05) is 30.4 Å². The van der Waals surface area contributed by atoms with Gasteiger partial charge in [0.05, 0.1) is 22.7 Å². The summed E-state index contributed by atoms with van der Waals surface area (Å²) in [5.41, 5.74) is 4.43. The molecule has 1 aromatic rings. The molecule has 1 rings (SSSR count). The van der Waals surface area contributed by atoms with Gasteiger partial charge >= 0.3 is 5.97 Å². The van der Waals surface area contributed by atoms with E-state index < -0.39 is 5.97 Å². The smallest absolute Gasteiger partial charge is 0.335 e. The number of phenols is 1. The zero-order valence-corrected chi connectivity index (χ0v) is 13.9. The maximum Gasteiger partial charge on any atom is 0.335 e. The van der Waals surface area contributed by atoms with E-state index in [2.05, 4.69) is 10.5 Å². The van der Waals surface area contributed by atoms with Gasteiger partial charge in [-0.3, -0.25) is 5.43 Å². The molecule has 0 atom stereocenters. The Labute approximate surface area is 141 Å². The third-order valence-corrected chi connectivity index (χ3v) is 3.11. The SMILES string of the molecule is C\C=C/C=C(\C=C\c1cccc(N/N=C(\C)C(C)=N)c1O)C(=O)O. The van der Waals surface area contributed by atoms with E-state index in [4.69, 9.17) is 10.5 Å². The van der Waals surface area contributed by atoms with Crippen LogP contribution < -0.4 is 5.43 Å². The number of aliphatic carboxylic acids is 1. The maximum atomic E-state index is 11.2. The first-order valence-electron chi connectivity index (χ1n) is 7.29. The summed E-state index contributed by atoms with van der Waals surface area (Å²) in [6, 6.07) is 5.00. The number of hydrogen-bond donors (Lipinski definition) is 4. The Morgan fingerprint density at radius 3 is 2.62 bits per heavy atom. The molecule has 0 saturated carbocycles. The molecule has 0 bridgehead atoms. The molecule has 0 unspecified atom stereocenters. The number of rotatable bonds is 7. The lowest BCUT2D eigenvalue weighted by molar-refractivity contribution is -0.132. The second-order valence-corrected chi connectivity index (χ2v) is 4.96. The predicted molar refractivity (Wildman–Crippen MR) is 97.8 cm³/mol. The first-order chi connectivity index (χ1) is 11.4. The summed E-state index contributed by atoms with van der Waals surface area (Å²) in [6.07, 6.45) is 7.76. The molecule has 6 heteroatoms. The Bertz CT molecular complexity index is 744.